The third-order valence-corrected chi connectivity index (χ3v) is 2.04. The van der Waals surface area contributed by atoms with E-state index in [0.29, 0.717) is 0 Å². The average Bonchev–Trinajstić information content (AvgIpc) is 2.28. The maximum absolute atomic E-state index is 13.5. The molecule has 0 unspecified atom stereocenters. The van der Waals surface area contributed by atoms with E-state index in [1.807, 2.05) is 0 Å². The molecule has 5 nitrogen and oxygen atoms in total. The van der Waals surface area contributed by atoms with Crippen molar-refractivity contribution in [2.45, 2.75) is 0 Å². The van der Waals surface area contributed by atoms with Gasteiger partial charge >= 0.3 is 5.97 Å². The lowest BCUT2D eigenvalue weighted by molar-refractivity contribution is 0.0596. The van der Waals surface area contributed by atoms with E-state index in [9.17, 15) is 9.18 Å². The molecule has 0 aromatic heterocycles. The Morgan fingerprint density at radius 3 is 2.25 bits per heavy atom. The Bertz CT molecular complexity index is 420. The van der Waals surface area contributed by atoms with Crippen LogP contribution in [0.25, 0.3) is 0 Å². The van der Waals surface area contributed by atoms with Gasteiger partial charge in [-0.15, -0.1) is 0 Å². The molecule has 1 rings (SSSR count). The zero-order chi connectivity index (χ0) is 12.3. The third kappa shape index (κ3) is 1.86. The zero-order valence-corrected chi connectivity index (χ0v) is 9.17. The first-order valence-electron chi connectivity index (χ1n) is 4.35. The minimum absolute atomic E-state index is 0.0325. The highest BCUT2D eigenvalue weighted by Crippen LogP contribution is 2.37. The molecule has 6 heteroatoms. The molecule has 2 N–H and O–H groups in total. The van der Waals surface area contributed by atoms with Crippen molar-refractivity contribution in [1.29, 1.82) is 0 Å². The van der Waals surface area contributed by atoms with E-state index in [-0.39, 0.29) is 22.7 Å². The van der Waals surface area contributed by atoms with Gasteiger partial charge < -0.3 is 19.9 Å². The molecule has 0 heterocycles. The molecule has 0 amide bonds. The SMILES string of the molecule is COC(=O)c1cc(F)c(OC)c(N)c1OC. The number of benzene rings is 1. The van der Waals surface area contributed by atoms with E-state index < -0.39 is 11.8 Å². The van der Waals surface area contributed by atoms with Crippen molar-refractivity contribution in [2.75, 3.05) is 27.1 Å². The van der Waals surface area contributed by atoms with Gasteiger partial charge in [0.2, 0.25) is 0 Å². The van der Waals surface area contributed by atoms with Crippen LogP contribution in [-0.4, -0.2) is 27.3 Å². The largest absolute Gasteiger partial charge is 0.494 e. The van der Waals surface area contributed by atoms with Crippen molar-refractivity contribution in [3.63, 3.8) is 0 Å². The molecule has 0 saturated carbocycles. The number of carbonyl (C=O) groups is 1. The Kier molecular flexibility index (Phi) is 3.55. The lowest BCUT2D eigenvalue weighted by Crippen LogP contribution is -2.08. The Morgan fingerprint density at radius 2 is 1.81 bits per heavy atom. The monoisotopic (exact) mass is 229 g/mol. The Balaban J connectivity index is 3.46. The first kappa shape index (κ1) is 12.1. The molecule has 0 radical (unpaired) electrons. The number of carbonyl (C=O) groups excluding carboxylic acids is 1. The second-order valence-corrected chi connectivity index (χ2v) is 2.88. The van der Waals surface area contributed by atoms with E-state index >= 15 is 0 Å². The van der Waals surface area contributed by atoms with Crippen LogP contribution in [0.4, 0.5) is 10.1 Å². The van der Waals surface area contributed by atoms with Crippen molar-refractivity contribution in [1.82, 2.24) is 0 Å². The van der Waals surface area contributed by atoms with E-state index in [0.717, 1.165) is 6.07 Å². The highest BCUT2D eigenvalue weighted by Gasteiger charge is 2.22. The summed E-state index contributed by atoms with van der Waals surface area (Å²) in [5.74, 6) is -1.61. The van der Waals surface area contributed by atoms with E-state index in [4.69, 9.17) is 15.2 Å². The van der Waals surface area contributed by atoms with Crippen molar-refractivity contribution < 1.29 is 23.4 Å². The standard InChI is InChI=1S/C10H12FNO4/c1-14-8-5(10(13)16-3)4-6(11)9(15-2)7(8)12/h4H,12H2,1-3H3. The number of nitrogens with two attached hydrogens (primary N) is 1. The highest BCUT2D eigenvalue weighted by molar-refractivity contribution is 5.95. The summed E-state index contributed by atoms with van der Waals surface area (Å²) >= 11 is 0. The van der Waals surface area contributed by atoms with Crippen molar-refractivity contribution in [2.24, 2.45) is 0 Å². The van der Waals surface area contributed by atoms with Gasteiger partial charge in [-0.1, -0.05) is 0 Å². The molecular weight excluding hydrogens is 217 g/mol. The predicted molar refractivity (Wildman–Crippen MR) is 55.3 cm³/mol. The minimum Gasteiger partial charge on any atom is -0.494 e. The summed E-state index contributed by atoms with van der Waals surface area (Å²) in [7, 11) is 3.77. The lowest BCUT2D eigenvalue weighted by Gasteiger charge is -2.13. The number of hydrogen-bond acceptors (Lipinski definition) is 5. The van der Waals surface area contributed by atoms with Crippen LogP contribution in [0.2, 0.25) is 0 Å². The molecule has 1 aromatic rings. The minimum atomic E-state index is -0.749. The number of esters is 1. The van der Waals surface area contributed by atoms with E-state index in [1.54, 1.807) is 0 Å². The van der Waals surface area contributed by atoms with Crippen LogP contribution in [-0.2, 0) is 4.74 Å². The molecule has 0 atom stereocenters. The fraction of sp³-hybridized carbons (Fsp3) is 0.300. The van der Waals surface area contributed by atoms with Gasteiger partial charge in [-0.25, -0.2) is 9.18 Å². The summed E-state index contributed by atoms with van der Waals surface area (Å²) in [4.78, 5) is 11.3. The molecule has 0 aliphatic heterocycles. The summed E-state index contributed by atoms with van der Waals surface area (Å²) < 4.78 is 27.6. The summed E-state index contributed by atoms with van der Waals surface area (Å²) in [5, 5.41) is 0. The normalized spacial score (nSPS) is 9.75. The molecule has 0 spiro atoms. The number of methoxy groups -OCH3 is 3. The van der Waals surface area contributed by atoms with Gasteiger partial charge in [0.25, 0.3) is 0 Å². The fourth-order valence-corrected chi connectivity index (χ4v) is 1.32. The van der Waals surface area contributed by atoms with Gasteiger partial charge in [0.15, 0.2) is 17.3 Å². The highest BCUT2D eigenvalue weighted by atomic mass is 19.1. The van der Waals surface area contributed by atoms with Crippen LogP contribution in [0.1, 0.15) is 10.4 Å². The van der Waals surface area contributed by atoms with Gasteiger partial charge in [-0.3, -0.25) is 0 Å². The molecule has 1 aromatic carbocycles. The lowest BCUT2D eigenvalue weighted by atomic mass is 10.1. The molecule has 0 aliphatic carbocycles. The molecule has 0 aliphatic rings. The maximum Gasteiger partial charge on any atom is 0.341 e. The smallest absolute Gasteiger partial charge is 0.341 e. The number of halogens is 1. The van der Waals surface area contributed by atoms with Gasteiger partial charge in [0.05, 0.1) is 21.3 Å². The van der Waals surface area contributed by atoms with Crippen LogP contribution < -0.4 is 15.2 Å². The summed E-state index contributed by atoms with van der Waals surface area (Å²) in [6.45, 7) is 0. The third-order valence-electron chi connectivity index (χ3n) is 2.04. The van der Waals surface area contributed by atoms with Crippen LogP contribution >= 0.6 is 0 Å². The van der Waals surface area contributed by atoms with E-state index in [1.165, 1.54) is 21.3 Å². The number of rotatable bonds is 3. The zero-order valence-electron chi connectivity index (χ0n) is 9.17. The Morgan fingerprint density at radius 1 is 1.25 bits per heavy atom. The van der Waals surface area contributed by atoms with Crippen LogP contribution in [0, 0.1) is 5.82 Å². The van der Waals surface area contributed by atoms with Gasteiger partial charge in [0.1, 0.15) is 11.3 Å². The van der Waals surface area contributed by atoms with Crippen LogP contribution in [0.3, 0.4) is 0 Å². The summed E-state index contributed by atoms with van der Waals surface area (Å²) in [6.07, 6.45) is 0. The molecular formula is C10H12FNO4. The number of nitrogen functional groups attached to an aromatic ring is 1. The topological polar surface area (TPSA) is 70.8 Å². The van der Waals surface area contributed by atoms with Gasteiger partial charge in [-0.2, -0.15) is 0 Å². The maximum atomic E-state index is 13.5. The molecule has 16 heavy (non-hydrogen) atoms. The molecule has 0 bridgehead atoms. The molecule has 88 valence electrons. The number of ether oxygens (including phenoxy) is 3. The average molecular weight is 229 g/mol. The summed E-state index contributed by atoms with van der Waals surface area (Å²) in [5.41, 5.74) is 5.44. The van der Waals surface area contributed by atoms with E-state index in [2.05, 4.69) is 4.74 Å². The molecule has 0 fully saturated rings. The van der Waals surface area contributed by atoms with Crippen molar-refractivity contribution in [3.8, 4) is 11.5 Å². The summed E-state index contributed by atoms with van der Waals surface area (Å²) in [6, 6.07) is 0.958. The fourth-order valence-electron chi connectivity index (χ4n) is 1.32. The number of hydrogen-bond donors (Lipinski definition) is 1. The first-order valence-corrected chi connectivity index (χ1v) is 4.35. The number of anilines is 1. The van der Waals surface area contributed by atoms with Gasteiger partial charge in [-0.05, 0) is 6.07 Å². The first-order chi connectivity index (χ1) is 7.56. The predicted octanol–water partition coefficient (Wildman–Crippen LogP) is 1.21. The van der Waals surface area contributed by atoms with Crippen molar-refractivity contribution >= 4 is 11.7 Å². The van der Waals surface area contributed by atoms with Crippen LogP contribution in [0.15, 0.2) is 6.07 Å². The molecule has 0 saturated heterocycles. The Labute approximate surface area is 91.9 Å². The Hall–Kier alpha value is -1.98. The van der Waals surface area contributed by atoms with Crippen molar-refractivity contribution in [3.05, 3.63) is 17.4 Å². The van der Waals surface area contributed by atoms with Crippen LogP contribution in [0.5, 0.6) is 11.5 Å². The van der Waals surface area contributed by atoms with Gasteiger partial charge in [0, 0.05) is 0 Å². The second-order valence-electron chi connectivity index (χ2n) is 2.88. The quantitative estimate of drug-likeness (QED) is 0.623. The second kappa shape index (κ2) is 4.69.